The van der Waals surface area contributed by atoms with Crippen LogP contribution in [0.2, 0.25) is 0 Å². The van der Waals surface area contributed by atoms with Gasteiger partial charge in [0.2, 0.25) is 0 Å². The Bertz CT molecular complexity index is 195. The lowest BCUT2D eigenvalue weighted by Crippen LogP contribution is -2.16. The summed E-state index contributed by atoms with van der Waals surface area (Å²) in [5.41, 5.74) is 0. The monoisotopic (exact) mass is 139 g/mol. The van der Waals surface area contributed by atoms with Crippen LogP contribution in [-0.2, 0) is 4.79 Å². The van der Waals surface area contributed by atoms with Crippen molar-refractivity contribution in [2.45, 2.75) is 13.0 Å². The number of carbonyl (C=O) groups excluding carboxylic acids is 1. The summed E-state index contributed by atoms with van der Waals surface area (Å²) in [7, 11) is 0. The summed E-state index contributed by atoms with van der Waals surface area (Å²) in [5, 5.41) is 9.27. The molecule has 0 aromatic carbocycles. The van der Waals surface area contributed by atoms with E-state index in [0.29, 0.717) is 0 Å². The minimum atomic E-state index is -0.166. The zero-order valence-electron chi connectivity index (χ0n) is 5.66. The highest BCUT2D eigenvalue weighted by molar-refractivity contribution is 5.62. The maximum absolute atomic E-state index is 10.1. The molecular weight excluding hydrogens is 130 g/mol. The standard InChI is InChI=1S/C6H9N3O/c1-5(4-10)8-6-2-3-7-9-6/h2-5H,1H3,(H2,7,8,9). The SMILES string of the molecule is CC(C=O)Nc1ccn[nH]1. The lowest BCUT2D eigenvalue weighted by Gasteiger charge is -2.03. The number of hydrogen-bond donors (Lipinski definition) is 2. The number of hydrogen-bond acceptors (Lipinski definition) is 3. The minimum Gasteiger partial charge on any atom is -0.361 e. The van der Waals surface area contributed by atoms with E-state index in [1.807, 2.05) is 0 Å². The van der Waals surface area contributed by atoms with E-state index < -0.39 is 0 Å². The van der Waals surface area contributed by atoms with Crippen molar-refractivity contribution in [1.82, 2.24) is 10.2 Å². The third-order valence-electron chi connectivity index (χ3n) is 1.09. The van der Waals surface area contributed by atoms with E-state index in [1.54, 1.807) is 19.2 Å². The zero-order chi connectivity index (χ0) is 7.40. The normalized spacial score (nSPS) is 12.5. The fourth-order valence-electron chi connectivity index (χ4n) is 0.616. The third-order valence-corrected chi connectivity index (χ3v) is 1.09. The van der Waals surface area contributed by atoms with Crippen LogP contribution in [0.1, 0.15) is 6.92 Å². The van der Waals surface area contributed by atoms with Crippen LogP contribution in [0, 0.1) is 0 Å². The first-order valence-electron chi connectivity index (χ1n) is 3.04. The van der Waals surface area contributed by atoms with Crippen LogP contribution in [-0.4, -0.2) is 22.5 Å². The van der Waals surface area contributed by atoms with Gasteiger partial charge in [-0.25, -0.2) is 0 Å². The lowest BCUT2D eigenvalue weighted by atomic mass is 10.4. The molecule has 0 saturated heterocycles. The quantitative estimate of drug-likeness (QED) is 0.596. The molecule has 1 atom stereocenters. The average Bonchev–Trinajstić information content (AvgIpc) is 2.40. The maximum atomic E-state index is 10.1. The molecular formula is C6H9N3O. The van der Waals surface area contributed by atoms with Crippen molar-refractivity contribution in [3.63, 3.8) is 0 Å². The Morgan fingerprint density at radius 2 is 2.70 bits per heavy atom. The van der Waals surface area contributed by atoms with Gasteiger partial charge in [-0.2, -0.15) is 5.10 Å². The van der Waals surface area contributed by atoms with Crippen molar-refractivity contribution >= 4 is 12.1 Å². The number of aromatic nitrogens is 2. The van der Waals surface area contributed by atoms with E-state index in [4.69, 9.17) is 0 Å². The number of anilines is 1. The largest absolute Gasteiger partial charge is 0.361 e. The predicted molar refractivity (Wildman–Crippen MR) is 37.7 cm³/mol. The maximum Gasteiger partial charge on any atom is 0.141 e. The zero-order valence-corrected chi connectivity index (χ0v) is 5.66. The number of H-pyrrole nitrogens is 1. The van der Waals surface area contributed by atoms with Gasteiger partial charge in [0.25, 0.3) is 0 Å². The van der Waals surface area contributed by atoms with E-state index in [9.17, 15) is 4.79 Å². The Morgan fingerprint density at radius 1 is 1.90 bits per heavy atom. The molecule has 0 fully saturated rings. The van der Waals surface area contributed by atoms with Crippen LogP contribution in [0.3, 0.4) is 0 Å². The molecule has 1 aromatic rings. The second-order valence-corrected chi connectivity index (χ2v) is 2.04. The van der Waals surface area contributed by atoms with Crippen LogP contribution in [0.4, 0.5) is 5.82 Å². The number of aromatic amines is 1. The van der Waals surface area contributed by atoms with E-state index in [-0.39, 0.29) is 6.04 Å². The van der Waals surface area contributed by atoms with Crippen molar-refractivity contribution in [2.75, 3.05) is 5.32 Å². The summed E-state index contributed by atoms with van der Waals surface area (Å²) in [4.78, 5) is 10.1. The van der Waals surface area contributed by atoms with Gasteiger partial charge in [0.05, 0.1) is 12.2 Å². The first-order valence-corrected chi connectivity index (χ1v) is 3.04. The van der Waals surface area contributed by atoms with Crippen LogP contribution in [0.5, 0.6) is 0 Å². The average molecular weight is 139 g/mol. The molecule has 1 heterocycles. The molecule has 0 aliphatic rings. The highest BCUT2D eigenvalue weighted by Crippen LogP contribution is 1.99. The van der Waals surface area contributed by atoms with E-state index in [2.05, 4.69) is 15.5 Å². The molecule has 1 unspecified atom stereocenters. The summed E-state index contributed by atoms with van der Waals surface area (Å²) in [6.45, 7) is 1.77. The van der Waals surface area contributed by atoms with Gasteiger partial charge < -0.3 is 10.1 Å². The molecule has 0 bridgehead atoms. The van der Waals surface area contributed by atoms with Gasteiger partial charge in [0, 0.05) is 0 Å². The van der Waals surface area contributed by atoms with Gasteiger partial charge >= 0.3 is 0 Å². The topological polar surface area (TPSA) is 57.8 Å². The first kappa shape index (κ1) is 6.80. The number of aldehydes is 1. The number of rotatable bonds is 3. The highest BCUT2D eigenvalue weighted by Gasteiger charge is 1.97. The van der Waals surface area contributed by atoms with Crippen molar-refractivity contribution in [2.24, 2.45) is 0 Å². The predicted octanol–water partition coefficient (Wildman–Crippen LogP) is 0.409. The van der Waals surface area contributed by atoms with E-state index in [0.717, 1.165) is 12.1 Å². The van der Waals surface area contributed by atoms with Crippen molar-refractivity contribution in [3.05, 3.63) is 12.3 Å². The van der Waals surface area contributed by atoms with Gasteiger partial charge in [0.1, 0.15) is 12.1 Å². The molecule has 4 nitrogen and oxygen atoms in total. The molecule has 0 saturated carbocycles. The number of nitrogens with zero attached hydrogens (tertiary/aromatic N) is 1. The van der Waals surface area contributed by atoms with Crippen LogP contribution >= 0.6 is 0 Å². The van der Waals surface area contributed by atoms with Crippen LogP contribution in [0.25, 0.3) is 0 Å². The van der Waals surface area contributed by atoms with E-state index in [1.165, 1.54) is 0 Å². The van der Waals surface area contributed by atoms with Crippen molar-refractivity contribution in [3.8, 4) is 0 Å². The summed E-state index contributed by atoms with van der Waals surface area (Å²) in [5.74, 6) is 0.764. The number of carbonyl (C=O) groups is 1. The van der Waals surface area contributed by atoms with Crippen LogP contribution < -0.4 is 5.32 Å². The second-order valence-electron chi connectivity index (χ2n) is 2.04. The lowest BCUT2D eigenvalue weighted by molar-refractivity contribution is -0.108. The van der Waals surface area contributed by atoms with Gasteiger partial charge in [-0.1, -0.05) is 0 Å². The fourth-order valence-corrected chi connectivity index (χ4v) is 0.616. The molecule has 0 radical (unpaired) electrons. The molecule has 0 spiro atoms. The Balaban J connectivity index is 2.47. The fraction of sp³-hybridized carbons (Fsp3) is 0.333. The molecule has 2 N–H and O–H groups in total. The first-order chi connectivity index (χ1) is 4.83. The minimum absolute atomic E-state index is 0.166. The Labute approximate surface area is 58.6 Å². The molecule has 10 heavy (non-hydrogen) atoms. The second kappa shape index (κ2) is 3.00. The van der Waals surface area contributed by atoms with Crippen LogP contribution in [0.15, 0.2) is 12.3 Å². The van der Waals surface area contributed by atoms with E-state index >= 15 is 0 Å². The molecule has 54 valence electrons. The Morgan fingerprint density at radius 3 is 3.20 bits per heavy atom. The Hall–Kier alpha value is -1.32. The molecule has 1 aromatic heterocycles. The smallest absolute Gasteiger partial charge is 0.141 e. The molecule has 0 amide bonds. The molecule has 0 aliphatic heterocycles. The highest BCUT2D eigenvalue weighted by atomic mass is 16.1. The summed E-state index contributed by atoms with van der Waals surface area (Å²) in [6, 6.07) is 1.60. The summed E-state index contributed by atoms with van der Waals surface area (Å²) >= 11 is 0. The summed E-state index contributed by atoms with van der Waals surface area (Å²) in [6.07, 6.45) is 2.46. The molecule has 0 aliphatic carbocycles. The molecule has 1 rings (SSSR count). The van der Waals surface area contributed by atoms with Gasteiger partial charge in [-0.05, 0) is 13.0 Å². The van der Waals surface area contributed by atoms with Crippen molar-refractivity contribution in [1.29, 1.82) is 0 Å². The number of nitrogens with one attached hydrogen (secondary N) is 2. The van der Waals surface area contributed by atoms with Gasteiger partial charge in [-0.3, -0.25) is 5.10 Å². The third kappa shape index (κ3) is 1.58. The van der Waals surface area contributed by atoms with Gasteiger partial charge in [-0.15, -0.1) is 0 Å². The summed E-state index contributed by atoms with van der Waals surface area (Å²) < 4.78 is 0. The van der Waals surface area contributed by atoms with Crippen molar-refractivity contribution < 1.29 is 4.79 Å². The molecule has 4 heteroatoms. The Kier molecular flexibility index (Phi) is 2.04. The van der Waals surface area contributed by atoms with Gasteiger partial charge in [0.15, 0.2) is 0 Å².